The molecule has 0 spiro atoms. The number of aromatic nitrogens is 1. The third-order valence-corrected chi connectivity index (χ3v) is 2.25. The molecule has 0 radical (unpaired) electrons. The molecule has 0 saturated heterocycles. The Balaban J connectivity index is 2.55. The van der Waals surface area contributed by atoms with Gasteiger partial charge in [-0.25, -0.2) is 4.39 Å². The predicted molar refractivity (Wildman–Crippen MR) is 53.6 cm³/mol. The molecule has 0 bridgehead atoms. The van der Waals surface area contributed by atoms with E-state index in [4.69, 9.17) is 0 Å². The summed E-state index contributed by atoms with van der Waals surface area (Å²) < 4.78 is 13.4. The van der Waals surface area contributed by atoms with Crippen LogP contribution in [0.15, 0.2) is 24.4 Å². The first-order chi connectivity index (χ1) is 6.68. The Morgan fingerprint density at radius 3 is 3.00 bits per heavy atom. The standard InChI is InChI=1S/C11H12FNO/c1-7(14)5-8-6-13-10-4-2-3-9(12)11(8)10/h2-4,6-7,13-14H,5H2,1H3/t7-/m0/s1. The minimum Gasteiger partial charge on any atom is -0.393 e. The molecule has 0 amide bonds. The highest BCUT2D eigenvalue weighted by Gasteiger charge is 2.09. The Morgan fingerprint density at radius 2 is 2.29 bits per heavy atom. The lowest BCUT2D eigenvalue weighted by Crippen LogP contribution is -2.03. The van der Waals surface area contributed by atoms with Crippen molar-refractivity contribution in [2.45, 2.75) is 19.4 Å². The van der Waals surface area contributed by atoms with Crippen molar-refractivity contribution in [2.24, 2.45) is 0 Å². The van der Waals surface area contributed by atoms with Gasteiger partial charge in [0, 0.05) is 23.5 Å². The summed E-state index contributed by atoms with van der Waals surface area (Å²) in [7, 11) is 0. The second kappa shape index (κ2) is 3.42. The zero-order chi connectivity index (χ0) is 10.1. The zero-order valence-corrected chi connectivity index (χ0v) is 7.92. The summed E-state index contributed by atoms with van der Waals surface area (Å²) in [6.45, 7) is 1.69. The Kier molecular flexibility index (Phi) is 2.25. The van der Waals surface area contributed by atoms with Crippen molar-refractivity contribution in [3.8, 4) is 0 Å². The van der Waals surface area contributed by atoms with Crippen LogP contribution in [0.4, 0.5) is 4.39 Å². The van der Waals surface area contributed by atoms with E-state index in [1.54, 1.807) is 19.2 Å². The highest BCUT2D eigenvalue weighted by Crippen LogP contribution is 2.22. The molecule has 2 rings (SSSR count). The van der Waals surface area contributed by atoms with Gasteiger partial charge in [-0.05, 0) is 24.6 Å². The van der Waals surface area contributed by atoms with Crippen LogP contribution in [0, 0.1) is 5.82 Å². The Hall–Kier alpha value is -1.35. The van der Waals surface area contributed by atoms with Gasteiger partial charge in [0.25, 0.3) is 0 Å². The maximum absolute atomic E-state index is 13.4. The first-order valence-electron chi connectivity index (χ1n) is 4.61. The van der Waals surface area contributed by atoms with E-state index in [0.29, 0.717) is 11.8 Å². The maximum atomic E-state index is 13.4. The van der Waals surface area contributed by atoms with Crippen molar-refractivity contribution in [1.29, 1.82) is 0 Å². The summed E-state index contributed by atoms with van der Waals surface area (Å²) in [5.74, 6) is -0.237. The molecular weight excluding hydrogens is 181 g/mol. The lowest BCUT2D eigenvalue weighted by Gasteiger charge is -2.02. The molecule has 2 N–H and O–H groups in total. The molecule has 1 aromatic carbocycles. The third-order valence-electron chi connectivity index (χ3n) is 2.25. The molecule has 1 heterocycles. The van der Waals surface area contributed by atoms with E-state index in [1.807, 2.05) is 6.07 Å². The average molecular weight is 193 g/mol. The van der Waals surface area contributed by atoms with Gasteiger partial charge in [-0.2, -0.15) is 0 Å². The smallest absolute Gasteiger partial charge is 0.132 e. The zero-order valence-electron chi connectivity index (χ0n) is 7.92. The third kappa shape index (κ3) is 1.51. The number of aliphatic hydroxyl groups is 1. The van der Waals surface area contributed by atoms with Gasteiger partial charge in [0.1, 0.15) is 5.82 Å². The molecule has 1 aromatic heterocycles. The molecule has 1 atom stereocenters. The highest BCUT2D eigenvalue weighted by molar-refractivity contribution is 5.83. The fourth-order valence-electron chi connectivity index (χ4n) is 1.69. The van der Waals surface area contributed by atoms with Crippen molar-refractivity contribution in [3.05, 3.63) is 35.8 Å². The molecule has 0 saturated carbocycles. The molecule has 3 heteroatoms. The molecule has 0 aliphatic rings. The molecule has 2 nitrogen and oxygen atoms in total. The van der Waals surface area contributed by atoms with Crippen molar-refractivity contribution < 1.29 is 9.50 Å². The number of rotatable bonds is 2. The van der Waals surface area contributed by atoms with Gasteiger partial charge < -0.3 is 10.1 Å². The number of aliphatic hydroxyl groups excluding tert-OH is 1. The van der Waals surface area contributed by atoms with E-state index >= 15 is 0 Å². The van der Waals surface area contributed by atoms with E-state index in [2.05, 4.69) is 4.98 Å². The van der Waals surface area contributed by atoms with Crippen molar-refractivity contribution in [1.82, 2.24) is 4.98 Å². The molecule has 0 fully saturated rings. The topological polar surface area (TPSA) is 36.0 Å². The minimum atomic E-state index is -0.450. The van der Waals surface area contributed by atoms with Crippen LogP contribution in [0.25, 0.3) is 10.9 Å². The number of aromatic amines is 1. The number of hydrogen-bond acceptors (Lipinski definition) is 1. The number of H-pyrrole nitrogens is 1. The summed E-state index contributed by atoms with van der Waals surface area (Å²) in [6, 6.07) is 4.92. The SMILES string of the molecule is C[C@H](O)Cc1c[nH]c2cccc(F)c12. The summed E-state index contributed by atoms with van der Waals surface area (Å²) in [5.41, 5.74) is 1.61. The van der Waals surface area contributed by atoms with Gasteiger partial charge in [0.05, 0.1) is 6.10 Å². The van der Waals surface area contributed by atoms with E-state index in [9.17, 15) is 9.50 Å². The number of nitrogens with one attached hydrogen (secondary N) is 1. The van der Waals surface area contributed by atoms with Crippen LogP contribution < -0.4 is 0 Å². The normalized spacial score (nSPS) is 13.4. The molecule has 14 heavy (non-hydrogen) atoms. The van der Waals surface area contributed by atoms with Crippen LogP contribution in [0.2, 0.25) is 0 Å². The first kappa shape index (κ1) is 9.21. The van der Waals surface area contributed by atoms with Crippen LogP contribution in [0.3, 0.4) is 0 Å². The van der Waals surface area contributed by atoms with Gasteiger partial charge >= 0.3 is 0 Å². The quantitative estimate of drug-likeness (QED) is 0.753. The van der Waals surface area contributed by atoms with Gasteiger partial charge in [-0.15, -0.1) is 0 Å². The van der Waals surface area contributed by atoms with Crippen LogP contribution in [0.1, 0.15) is 12.5 Å². The summed E-state index contributed by atoms with van der Waals surface area (Å²) in [6.07, 6.45) is 1.77. The van der Waals surface area contributed by atoms with E-state index < -0.39 is 6.10 Å². The van der Waals surface area contributed by atoms with Gasteiger partial charge in [-0.1, -0.05) is 6.07 Å². The van der Waals surface area contributed by atoms with E-state index in [-0.39, 0.29) is 5.82 Å². The Morgan fingerprint density at radius 1 is 1.50 bits per heavy atom. The van der Waals surface area contributed by atoms with E-state index in [0.717, 1.165) is 11.1 Å². The second-order valence-corrected chi connectivity index (χ2v) is 3.53. The second-order valence-electron chi connectivity index (χ2n) is 3.53. The molecule has 0 aliphatic carbocycles. The molecule has 2 aromatic rings. The van der Waals surface area contributed by atoms with Crippen LogP contribution in [-0.2, 0) is 6.42 Å². The van der Waals surface area contributed by atoms with Crippen molar-refractivity contribution >= 4 is 10.9 Å². The Bertz CT molecular complexity index is 447. The average Bonchev–Trinajstić information content (AvgIpc) is 2.49. The molecule has 74 valence electrons. The lowest BCUT2D eigenvalue weighted by atomic mass is 10.1. The number of fused-ring (bicyclic) bond motifs is 1. The van der Waals surface area contributed by atoms with E-state index in [1.165, 1.54) is 6.07 Å². The maximum Gasteiger partial charge on any atom is 0.132 e. The van der Waals surface area contributed by atoms with Crippen LogP contribution >= 0.6 is 0 Å². The fraction of sp³-hybridized carbons (Fsp3) is 0.273. The first-order valence-corrected chi connectivity index (χ1v) is 4.61. The van der Waals surface area contributed by atoms with Gasteiger partial charge in [0.15, 0.2) is 0 Å². The number of benzene rings is 1. The summed E-state index contributed by atoms with van der Waals surface area (Å²) in [5, 5.41) is 9.83. The fourth-order valence-corrected chi connectivity index (χ4v) is 1.69. The Labute approximate surface area is 81.4 Å². The summed E-state index contributed by atoms with van der Waals surface area (Å²) in [4.78, 5) is 2.98. The van der Waals surface area contributed by atoms with Crippen molar-refractivity contribution in [2.75, 3.05) is 0 Å². The monoisotopic (exact) mass is 193 g/mol. The van der Waals surface area contributed by atoms with Crippen LogP contribution in [-0.4, -0.2) is 16.2 Å². The number of halogens is 1. The van der Waals surface area contributed by atoms with Gasteiger partial charge in [0.2, 0.25) is 0 Å². The van der Waals surface area contributed by atoms with Gasteiger partial charge in [-0.3, -0.25) is 0 Å². The predicted octanol–water partition coefficient (Wildman–Crippen LogP) is 2.23. The van der Waals surface area contributed by atoms with Crippen LogP contribution in [0.5, 0.6) is 0 Å². The largest absolute Gasteiger partial charge is 0.393 e. The van der Waals surface area contributed by atoms with Crippen molar-refractivity contribution in [3.63, 3.8) is 0 Å². The lowest BCUT2D eigenvalue weighted by molar-refractivity contribution is 0.196. The highest BCUT2D eigenvalue weighted by atomic mass is 19.1. The molecule has 0 unspecified atom stereocenters. The minimum absolute atomic E-state index is 0.237. The summed E-state index contributed by atoms with van der Waals surface area (Å²) >= 11 is 0. The molecule has 0 aliphatic heterocycles. The number of hydrogen-bond donors (Lipinski definition) is 2. The molecular formula is C11H12FNO.